The van der Waals surface area contributed by atoms with Gasteiger partial charge in [0.2, 0.25) is 5.91 Å². The number of hydrogen-bond donors (Lipinski definition) is 1. The van der Waals surface area contributed by atoms with Gasteiger partial charge in [-0.1, -0.05) is 29.8 Å². The minimum atomic E-state index is 0.281. The van der Waals surface area contributed by atoms with Crippen LogP contribution in [0.1, 0.15) is 24.5 Å². The van der Waals surface area contributed by atoms with Gasteiger partial charge < -0.3 is 10.2 Å². The first-order chi connectivity index (χ1) is 8.65. The summed E-state index contributed by atoms with van der Waals surface area (Å²) in [6, 6.07) is 8.85. The minimum absolute atomic E-state index is 0.281. The molecule has 0 bridgehead atoms. The molecule has 0 saturated carbocycles. The van der Waals surface area contributed by atoms with Crippen LogP contribution in [0.4, 0.5) is 0 Å². The van der Waals surface area contributed by atoms with Crippen molar-refractivity contribution in [2.24, 2.45) is 0 Å². The van der Waals surface area contributed by atoms with Crippen molar-refractivity contribution in [3.63, 3.8) is 0 Å². The fraction of sp³-hybridized carbons (Fsp3) is 0.533. The van der Waals surface area contributed by atoms with Crippen LogP contribution >= 0.6 is 0 Å². The summed E-state index contributed by atoms with van der Waals surface area (Å²) in [7, 11) is 0. The maximum absolute atomic E-state index is 12.1. The Hall–Kier alpha value is -1.35. The summed E-state index contributed by atoms with van der Waals surface area (Å²) in [5.74, 6) is 0.281. The molecule has 1 aromatic rings. The zero-order chi connectivity index (χ0) is 13.0. The topological polar surface area (TPSA) is 32.3 Å². The average Bonchev–Trinajstić information content (AvgIpc) is 2.38. The lowest BCUT2D eigenvalue weighted by Gasteiger charge is -2.32. The standard InChI is InChI=1S/C15H22N2O/c1-12-3-5-14(6-4-12)7-8-15(18)17-10-9-16-13(2)11-17/h3-6,13,16H,7-11H2,1-2H3. The van der Waals surface area contributed by atoms with E-state index in [1.807, 2.05) is 4.90 Å². The van der Waals surface area contributed by atoms with Crippen molar-refractivity contribution < 1.29 is 4.79 Å². The molecule has 1 fully saturated rings. The number of amides is 1. The van der Waals surface area contributed by atoms with E-state index in [2.05, 4.69) is 43.4 Å². The molecule has 1 atom stereocenters. The third-order valence-electron chi connectivity index (χ3n) is 3.47. The van der Waals surface area contributed by atoms with Gasteiger partial charge >= 0.3 is 0 Å². The number of rotatable bonds is 3. The molecule has 0 spiro atoms. The summed E-state index contributed by atoms with van der Waals surface area (Å²) in [4.78, 5) is 14.1. The van der Waals surface area contributed by atoms with Crippen LogP contribution in [-0.4, -0.2) is 36.5 Å². The lowest BCUT2D eigenvalue weighted by Crippen LogP contribution is -2.51. The van der Waals surface area contributed by atoms with Gasteiger partial charge in [-0.2, -0.15) is 0 Å². The first-order valence-electron chi connectivity index (χ1n) is 6.72. The number of piperazine rings is 1. The van der Waals surface area contributed by atoms with Crippen LogP contribution in [-0.2, 0) is 11.2 Å². The predicted octanol–water partition coefficient (Wildman–Crippen LogP) is 1.75. The van der Waals surface area contributed by atoms with E-state index >= 15 is 0 Å². The molecule has 2 rings (SSSR count). The molecule has 98 valence electrons. The number of carbonyl (C=O) groups is 1. The SMILES string of the molecule is Cc1ccc(CCC(=O)N2CCNC(C)C2)cc1. The third-order valence-corrected chi connectivity index (χ3v) is 3.47. The van der Waals surface area contributed by atoms with Gasteiger partial charge in [0, 0.05) is 32.1 Å². The van der Waals surface area contributed by atoms with Crippen LogP contribution in [0, 0.1) is 6.92 Å². The van der Waals surface area contributed by atoms with Crippen molar-refractivity contribution in [3.8, 4) is 0 Å². The van der Waals surface area contributed by atoms with Gasteiger partial charge in [0.05, 0.1) is 0 Å². The van der Waals surface area contributed by atoms with Gasteiger partial charge in [-0.3, -0.25) is 4.79 Å². The normalized spacial score (nSPS) is 19.9. The van der Waals surface area contributed by atoms with Gasteiger partial charge in [0.25, 0.3) is 0 Å². The van der Waals surface area contributed by atoms with Gasteiger partial charge in [-0.25, -0.2) is 0 Å². The molecule has 1 amide bonds. The van der Waals surface area contributed by atoms with E-state index in [4.69, 9.17) is 0 Å². The Labute approximate surface area is 109 Å². The van der Waals surface area contributed by atoms with Crippen LogP contribution in [0.3, 0.4) is 0 Å². The van der Waals surface area contributed by atoms with Crippen LogP contribution in [0.5, 0.6) is 0 Å². The quantitative estimate of drug-likeness (QED) is 0.881. The Kier molecular flexibility index (Phi) is 4.37. The summed E-state index contributed by atoms with van der Waals surface area (Å²) < 4.78 is 0. The molecule has 18 heavy (non-hydrogen) atoms. The van der Waals surface area contributed by atoms with Crippen molar-refractivity contribution in [1.29, 1.82) is 0 Å². The van der Waals surface area contributed by atoms with E-state index in [0.717, 1.165) is 26.1 Å². The number of aryl methyl sites for hydroxylation is 2. The van der Waals surface area contributed by atoms with Crippen molar-refractivity contribution in [2.75, 3.05) is 19.6 Å². The van der Waals surface area contributed by atoms with E-state index in [0.29, 0.717) is 12.5 Å². The molecule has 1 aliphatic heterocycles. The van der Waals surface area contributed by atoms with E-state index in [-0.39, 0.29) is 5.91 Å². The van der Waals surface area contributed by atoms with E-state index < -0.39 is 0 Å². The van der Waals surface area contributed by atoms with Gasteiger partial charge in [0.1, 0.15) is 0 Å². The number of carbonyl (C=O) groups excluding carboxylic acids is 1. The Morgan fingerprint density at radius 2 is 2.11 bits per heavy atom. The summed E-state index contributed by atoms with van der Waals surface area (Å²) in [6.07, 6.45) is 1.47. The maximum Gasteiger partial charge on any atom is 0.222 e. The number of hydrogen-bond acceptors (Lipinski definition) is 2. The second-order valence-electron chi connectivity index (χ2n) is 5.18. The molecule has 3 heteroatoms. The lowest BCUT2D eigenvalue weighted by molar-refractivity contribution is -0.132. The fourth-order valence-electron chi connectivity index (χ4n) is 2.32. The molecule has 1 unspecified atom stereocenters. The van der Waals surface area contributed by atoms with Crippen molar-refractivity contribution >= 4 is 5.91 Å². The van der Waals surface area contributed by atoms with Crippen LogP contribution < -0.4 is 5.32 Å². The number of nitrogens with zero attached hydrogens (tertiary/aromatic N) is 1. The molecule has 1 heterocycles. The Balaban J connectivity index is 1.82. The first kappa shape index (κ1) is 13.1. The second kappa shape index (κ2) is 6.01. The summed E-state index contributed by atoms with van der Waals surface area (Å²) >= 11 is 0. The minimum Gasteiger partial charge on any atom is -0.340 e. The zero-order valence-corrected chi connectivity index (χ0v) is 11.3. The highest BCUT2D eigenvalue weighted by atomic mass is 16.2. The molecule has 1 N–H and O–H groups in total. The van der Waals surface area contributed by atoms with Crippen LogP contribution in [0.15, 0.2) is 24.3 Å². The number of nitrogens with one attached hydrogen (secondary N) is 1. The Morgan fingerprint density at radius 3 is 2.78 bits per heavy atom. The molecule has 0 aliphatic carbocycles. The monoisotopic (exact) mass is 246 g/mol. The molecular weight excluding hydrogens is 224 g/mol. The molecule has 1 aliphatic rings. The van der Waals surface area contributed by atoms with Gasteiger partial charge in [-0.05, 0) is 25.8 Å². The highest BCUT2D eigenvalue weighted by Gasteiger charge is 2.19. The highest BCUT2D eigenvalue weighted by Crippen LogP contribution is 2.08. The Bertz CT molecular complexity index is 399. The van der Waals surface area contributed by atoms with Gasteiger partial charge in [0.15, 0.2) is 0 Å². The summed E-state index contributed by atoms with van der Waals surface area (Å²) in [5, 5.41) is 3.35. The second-order valence-corrected chi connectivity index (χ2v) is 5.18. The average molecular weight is 246 g/mol. The van der Waals surface area contributed by atoms with E-state index in [1.165, 1.54) is 11.1 Å². The molecule has 3 nitrogen and oxygen atoms in total. The van der Waals surface area contributed by atoms with Crippen LogP contribution in [0.25, 0.3) is 0 Å². The zero-order valence-electron chi connectivity index (χ0n) is 11.3. The fourth-order valence-corrected chi connectivity index (χ4v) is 2.32. The summed E-state index contributed by atoms with van der Waals surface area (Å²) in [5.41, 5.74) is 2.51. The molecule has 0 radical (unpaired) electrons. The summed E-state index contributed by atoms with van der Waals surface area (Å²) in [6.45, 7) is 6.80. The smallest absolute Gasteiger partial charge is 0.222 e. The first-order valence-corrected chi connectivity index (χ1v) is 6.72. The Morgan fingerprint density at radius 1 is 1.39 bits per heavy atom. The molecule has 0 aromatic heterocycles. The maximum atomic E-state index is 12.1. The lowest BCUT2D eigenvalue weighted by atomic mass is 10.1. The van der Waals surface area contributed by atoms with Gasteiger partial charge in [-0.15, -0.1) is 0 Å². The third kappa shape index (κ3) is 3.57. The largest absolute Gasteiger partial charge is 0.340 e. The highest BCUT2D eigenvalue weighted by molar-refractivity contribution is 5.76. The predicted molar refractivity (Wildman–Crippen MR) is 73.5 cm³/mol. The van der Waals surface area contributed by atoms with Crippen molar-refractivity contribution in [1.82, 2.24) is 10.2 Å². The number of benzene rings is 1. The molecule has 1 aromatic carbocycles. The van der Waals surface area contributed by atoms with Crippen LogP contribution in [0.2, 0.25) is 0 Å². The molecular formula is C15H22N2O. The molecule has 1 saturated heterocycles. The van der Waals surface area contributed by atoms with Crippen molar-refractivity contribution in [3.05, 3.63) is 35.4 Å². The van der Waals surface area contributed by atoms with Crippen molar-refractivity contribution in [2.45, 2.75) is 32.7 Å². The van der Waals surface area contributed by atoms with E-state index in [9.17, 15) is 4.79 Å². The van der Waals surface area contributed by atoms with E-state index in [1.54, 1.807) is 0 Å².